The number of carbonyl (C=O) groups excluding carboxylic acids is 2. The summed E-state index contributed by atoms with van der Waals surface area (Å²) in [7, 11) is 1.76. The van der Waals surface area contributed by atoms with E-state index in [9.17, 15) is 9.59 Å². The zero-order chi connectivity index (χ0) is 17.8. The number of hydrogen-bond acceptors (Lipinski definition) is 3. The first-order valence-corrected chi connectivity index (χ1v) is 9.38. The Morgan fingerprint density at radius 2 is 2.00 bits per heavy atom. The highest BCUT2D eigenvalue weighted by Gasteiger charge is 2.34. The van der Waals surface area contributed by atoms with Crippen LogP contribution < -0.4 is 5.32 Å². The number of rotatable bonds is 4. The van der Waals surface area contributed by atoms with Gasteiger partial charge in [-0.2, -0.15) is 0 Å². The lowest BCUT2D eigenvalue weighted by Crippen LogP contribution is -2.43. The Kier molecular flexibility index (Phi) is 5.66. The molecule has 1 aliphatic carbocycles. The second-order valence-electron chi connectivity index (χ2n) is 7.41. The van der Waals surface area contributed by atoms with Gasteiger partial charge in [0.05, 0.1) is 6.54 Å². The van der Waals surface area contributed by atoms with Crippen molar-refractivity contribution in [1.29, 1.82) is 0 Å². The highest BCUT2D eigenvalue weighted by Crippen LogP contribution is 2.28. The largest absolute Gasteiger partial charge is 0.464 e. The molecule has 2 atom stereocenters. The minimum Gasteiger partial charge on any atom is -0.464 e. The van der Waals surface area contributed by atoms with Crippen LogP contribution in [0.15, 0.2) is 16.5 Å². The quantitative estimate of drug-likeness (QED) is 0.911. The number of piperidine rings is 1. The molecule has 1 saturated heterocycles. The van der Waals surface area contributed by atoms with Gasteiger partial charge >= 0.3 is 6.03 Å². The molecule has 1 aromatic heterocycles. The fourth-order valence-corrected chi connectivity index (χ4v) is 3.87. The van der Waals surface area contributed by atoms with E-state index in [4.69, 9.17) is 4.42 Å². The predicted molar refractivity (Wildman–Crippen MR) is 95.0 cm³/mol. The van der Waals surface area contributed by atoms with Crippen molar-refractivity contribution in [1.82, 2.24) is 15.1 Å². The monoisotopic (exact) mass is 347 g/mol. The van der Waals surface area contributed by atoms with Crippen molar-refractivity contribution in [3.8, 4) is 0 Å². The smallest absolute Gasteiger partial charge is 0.317 e. The molecule has 25 heavy (non-hydrogen) atoms. The fraction of sp³-hybridized carbons (Fsp3) is 0.684. The molecule has 0 aromatic carbocycles. The van der Waals surface area contributed by atoms with Crippen molar-refractivity contribution in [2.75, 3.05) is 20.1 Å². The zero-order valence-corrected chi connectivity index (χ0v) is 15.3. The number of urea groups is 1. The van der Waals surface area contributed by atoms with Crippen LogP contribution in [0.2, 0.25) is 0 Å². The van der Waals surface area contributed by atoms with E-state index < -0.39 is 0 Å². The van der Waals surface area contributed by atoms with Crippen LogP contribution in [0.1, 0.15) is 50.0 Å². The molecule has 2 aliphatic rings. The van der Waals surface area contributed by atoms with E-state index in [0.717, 1.165) is 56.7 Å². The molecule has 1 saturated carbocycles. The van der Waals surface area contributed by atoms with Gasteiger partial charge in [-0.25, -0.2) is 4.79 Å². The molecule has 138 valence electrons. The van der Waals surface area contributed by atoms with Gasteiger partial charge in [0, 0.05) is 32.1 Å². The maximum Gasteiger partial charge on any atom is 0.317 e. The molecule has 3 amide bonds. The van der Waals surface area contributed by atoms with E-state index in [2.05, 4.69) is 5.32 Å². The predicted octanol–water partition coefficient (Wildman–Crippen LogP) is 2.91. The molecule has 0 radical (unpaired) electrons. The first-order chi connectivity index (χ1) is 12.0. The van der Waals surface area contributed by atoms with Crippen LogP contribution in [-0.4, -0.2) is 47.9 Å². The number of amides is 3. The lowest BCUT2D eigenvalue weighted by molar-refractivity contribution is -0.136. The molecule has 3 rings (SSSR count). The molecule has 6 heteroatoms. The summed E-state index contributed by atoms with van der Waals surface area (Å²) in [6.07, 6.45) is 5.99. The average Bonchev–Trinajstić information content (AvgIpc) is 3.24. The van der Waals surface area contributed by atoms with Crippen LogP contribution in [0.5, 0.6) is 0 Å². The Morgan fingerprint density at radius 1 is 1.24 bits per heavy atom. The van der Waals surface area contributed by atoms with Crippen LogP contribution in [0, 0.1) is 12.8 Å². The maximum absolute atomic E-state index is 12.6. The number of likely N-dealkylation sites (tertiary alicyclic amines) is 1. The Morgan fingerprint density at radius 3 is 2.68 bits per heavy atom. The Labute approximate surface area is 149 Å². The van der Waals surface area contributed by atoms with Gasteiger partial charge < -0.3 is 19.5 Å². The number of aryl methyl sites for hydroxylation is 1. The standard InChI is InChI=1S/C19H29N3O3/c1-14-6-9-17(25-14)13-21(2)19(24)20-16-8-7-15(12-16)18(23)22-10-4-3-5-11-22/h6,9,15-16H,3-5,7-8,10-13H2,1-2H3,(H,20,24)/t15-,16+/m1/s1. The number of nitrogens with one attached hydrogen (secondary N) is 1. The van der Waals surface area contributed by atoms with Crippen molar-refractivity contribution in [2.45, 2.75) is 58.0 Å². The Balaban J connectivity index is 1.45. The topological polar surface area (TPSA) is 65.8 Å². The second kappa shape index (κ2) is 7.93. The normalized spacial score (nSPS) is 23.5. The lowest BCUT2D eigenvalue weighted by Gasteiger charge is -2.29. The van der Waals surface area contributed by atoms with Crippen LogP contribution in [0.4, 0.5) is 4.79 Å². The summed E-state index contributed by atoms with van der Waals surface area (Å²) in [4.78, 5) is 28.6. The van der Waals surface area contributed by atoms with Crippen LogP contribution in [0.3, 0.4) is 0 Å². The summed E-state index contributed by atoms with van der Waals surface area (Å²) in [5.41, 5.74) is 0. The number of hydrogen-bond donors (Lipinski definition) is 1. The third-order valence-electron chi connectivity index (χ3n) is 5.31. The molecule has 6 nitrogen and oxygen atoms in total. The van der Waals surface area contributed by atoms with Crippen molar-refractivity contribution < 1.29 is 14.0 Å². The van der Waals surface area contributed by atoms with Crippen molar-refractivity contribution in [3.05, 3.63) is 23.7 Å². The molecule has 1 N–H and O–H groups in total. The molecule has 1 aliphatic heterocycles. The van der Waals surface area contributed by atoms with Gasteiger partial charge in [-0.05, 0) is 57.6 Å². The fourth-order valence-electron chi connectivity index (χ4n) is 3.87. The number of furan rings is 1. The molecule has 2 heterocycles. The van der Waals surface area contributed by atoms with Crippen molar-refractivity contribution >= 4 is 11.9 Å². The van der Waals surface area contributed by atoms with Gasteiger partial charge in [-0.1, -0.05) is 0 Å². The summed E-state index contributed by atoms with van der Waals surface area (Å²) < 4.78 is 5.52. The van der Waals surface area contributed by atoms with Crippen molar-refractivity contribution in [3.63, 3.8) is 0 Å². The van der Waals surface area contributed by atoms with Gasteiger partial charge in [-0.3, -0.25) is 4.79 Å². The summed E-state index contributed by atoms with van der Waals surface area (Å²) >= 11 is 0. The first kappa shape index (κ1) is 17.8. The Bertz CT molecular complexity index is 607. The zero-order valence-electron chi connectivity index (χ0n) is 15.3. The van der Waals surface area contributed by atoms with E-state index >= 15 is 0 Å². The SMILES string of the molecule is Cc1ccc(CN(C)C(=O)N[C@H]2CC[C@@H](C(=O)N3CCCCC3)C2)o1. The van der Waals surface area contributed by atoms with E-state index in [0.29, 0.717) is 6.54 Å². The van der Waals surface area contributed by atoms with Crippen LogP contribution in [-0.2, 0) is 11.3 Å². The summed E-state index contributed by atoms with van der Waals surface area (Å²) in [6.45, 7) is 4.14. The minimum atomic E-state index is -0.106. The van der Waals surface area contributed by atoms with Crippen molar-refractivity contribution in [2.24, 2.45) is 5.92 Å². The highest BCUT2D eigenvalue weighted by atomic mass is 16.3. The van der Waals surface area contributed by atoms with Gasteiger partial charge in [0.25, 0.3) is 0 Å². The van der Waals surface area contributed by atoms with Gasteiger partial charge in [0.15, 0.2) is 0 Å². The van der Waals surface area contributed by atoms with Gasteiger partial charge in [-0.15, -0.1) is 0 Å². The molecular formula is C19H29N3O3. The highest BCUT2D eigenvalue weighted by molar-refractivity contribution is 5.80. The molecular weight excluding hydrogens is 318 g/mol. The van der Waals surface area contributed by atoms with Crippen LogP contribution in [0.25, 0.3) is 0 Å². The third-order valence-corrected chi connectivity index (χ3v) is 5.31. The third kappa shape index (κ3) is 4.55. The van der Waals surface area contributed by atoms with E-state index in [1.807, 2.05) is 24.0 Å². The molecule has 0 unspecified atom stereocenters. The molecule has 2 fully saturated rings. The number of carbonyl (C=O) groups is 2. The lowest BCUT2D eigenvalue weighted by atomic mass is 10.0. The molecule has 1 aromatic rings. The average molecular weight is 347 g/mol. The summed E-state index contributed by atoms with van der Waals surface area (Å²) in [5.74, 6) is 1.98. The second-order valence-corrected chi connectivity index (χ2v) is 7.41. The Hall–Kier alpha value is -1.98. The number of nitrogens with zero attached hydrogens (tertiary/aromatic N) is 2. The molecule has 0 bridgehead atoms. The van der Waals surface area contributed by atoms with E-state index in [1.165, 1.54) is 6.42 Å². The van der Waals surface area contributed by atoms with E-state index in [1.54, 1.807) is 11.9 Å². The van der Waals surface area contributed by atoms with Gasteiger partial charge in [0.1, 0.15) is 11.5 Å². The minimum absolute atomic E-state index is 0.0708. The summed E-state index contributed by atoms with van der Waals surface area (Å²) in [5, 5.41) is 3.07. The van der Waals surface area contributed by atoms with E-state index in [-0.39, 0.29) is 23.9 Å². The van der Waals surface area contributed by atoms with Crippen LogP contribution >= 0.6 is 0 Å². The first-order valence-electron chi connectivity index (χ1n) is 9.38. The maximum atomic E-state index is 12.6. The molecule has 0 spiro atoms. The van der Waals surface area contributed by atoms with Gasteiger partial charge in [0.2, 0.25) is 5.91 Å². The summed E-state index contributed by atoms with van der Waals surface area (Å²) in [6, 6.07) is 3.77.